The second kappa shape index (κ2) is 9.15. The molecule has 1 unspecified atom stereocenters. The zero-order valence-corrected chi connectivity index (χ0v) is 9.87. The third-order valence-corrected chi connectivity index (χ3v) is 2.41. The van der Waals surface area contributed by atoms with E-state index in [9.17, 15) is 9.59 Å². The van der Waals surface area contributed by atoms with Gasteiger partial charge in [0.05, 0.1) is 0 Å². The average molecular weight is 230 g/mol. The van der Waals surface area contributed by atoms with E-state index in [4.69, 9.17) is 10.8 Å². The first-order valence-electron chi connectivity index (χ1n) is 5.77. The van der Waals surface area contributed by atoms with Gasteiger partial charge in [-0.1, -0.05) is 6.92 Å². The van der Waals surface area contributed by atoms with E-state index in [0.29, 0.717) is 25.9 Å². The minimum atomic E-state index is -0.789. The molecule has 0 aliphatic rings. The topological polar surface area (TPSA) is 92.4 Å². The first-order chi connectivity index (χ1) is 7.57. The van der Waals surface area contributed by atoms with Crippen LogP contribution in [0.5, 0.6) is 0 Å². The van der Waals surface area contributed by atoms with Gasteiger partial charge >= 0.3 is 5.97 Å². The highest BCUT2D eigenvalue weighted by Crippen LogP contribution is 2.04. The number of carbonyl (C=O) groups is 2. The summed E-state index contributed by atoms with van der Waals surface area (Å²) < 4.78 is 0. The minimum absolute atomic E-state index is 0.0111. The van der Waals surface area contributed by atoms with Crippen LogP contribution in [0.1, 0.15) is 39.0 Å². The van der Waals surface area contributed by atoms with Gasteiger partial charge in [0, 0.05) is 18.9 Å². The molecule has 4 N–H and O–H groups in total. The van der Waals surface area contributed by atoms with Gasteiger partial charge in [-0.15, -0.1) is 0 Å². The molecular formula is C11H22N2O3. The zero-order valence-electron chi connectivity index (χ0n) is 9.87. The van der Waals surface area contributed by atoms with Crippen LogP contribution in [-0.4, -0.2) is 30.1 Å². The summed E-state index contributed by atoms with van der Waals surface area (Å²) in [5.74, 6) is -0.769. The van der Waals surface area contributed by atoms with Crippen molar-refractivity contribution in [2.24, 2.45) is 11.7 Å². The molecule has 0 aliphatic carbocycles. The van der Waals surface area contributed by atoms with Gasteiger partial charge < -0.3 is 16.2 Å². The summed E-state index contributed by atoms with van der Waals surface area (Å²) in [5.41, 5.74) is 5.36. The van der Waals surface area contributed by atoms with Gasteiger partial charge in [-0.3, -0.25) is 9.59 Å². The Balaban J connectivity index is 3.45. The maximum atomic E-state index is 11.5. The van der Waals surface area contributed by atoms with E-state index < -0.39 is 5.97 Å². The summed E-state index contributed by atoms with van der Waals surface area (Å²) in [4.78, 5) is 21.7. The minimum Gasteiger partial charge on any atom is -0.481 e. The standard InChI is InChI=1S/C11H22N2O3/c1-9(5-4-7-12)11(16)13-8-3-2-6-10(14)15/h9H,2-8,12H2,1H3,(H,13,16)(H,14,15). The highest BCUT2D eigenvalue weighted by molar-refractivity contribution is 5.78. The summed E-state index contributed by atoms with van der Waals surface area (Å²) in [6.07, 6.45) is 3.14. The van der Waals surface area contributed by atoms with Crippen molar-refractivity contribution in [3.05, 3.63) is 0 Å². The number of carbonyl (C=O) groups excluding carboxylic acids is 1. The molecule has 5 heteroatoms. The molecule has 0 aliphatic heterocycles. The highest BCUT2D eigenvalue weighted by atomic mass is 16.4. The SMILES string of the molecule is CC(CCCN)C(=O)NCCCCC(=O)O. The maximum Gasteiger partial charge on any atom is 0.303 e. The van der Waals surface area contributed by atoms with E-state index >= 15 is 0 Å². The van der Waals surface area contributed by atoms with Crippen molar-refractivity contribution < 1.29 is 14.7 Å². The van der Waals surface area contributed by atoms with E-state index in [1.165, 1.54) is 0 Å². The lowest BCUT2D eigenvalue weighted by atomic mass is 10.0. The number of rotatable bonds is 9. The van der Waals surface area contributed by atoms with Crippen LogP contribution in [0, 0.1) is 5.92 Å². The number of hydrogen-bond donors (Lipinski definition) is 3. The second-order valence-corrected chi connectivity index (χ2v) is 3.97. The van der Waals surface area contributed by atoms with Crippen LogP contribution < -0.4 is 11.1 Å². The molecule has 0 fully saturated rings. The molecule has 0 saturated carbocycles. The first kappa shape index (κ1) is 14.9. The van der Waals surface area contributed by atoms with Crippen molar-refractivity contribution >= 4 is 11.9 Å². The molecule has 0 bridgehead atoms. The molecule has 0 rings (SSSR count). The van der Waals surface area contributed by atoms with Gasteiger partial charge in [-0.05, 0) is 32.2 Å². The summed E-state index contributed by atoms with van der Waals surface area (Å²) in [6, 6.07) is 0. The number of nitrogens with one attached hydrogen (secondary N) is 1. The summed E-state index contributed by atoms with van der Waals surface area (Å²) >= 11 is 0. The normalized spacial score (nSPS) is 12.1. The fraction of sp³-hybridized carbons (Fsp3) is 0.818. The van der Waals surface area contributed by atoms with Crippen molar-refractivity contribution in [1.82, 2.24) is 5.32 Å². The third kappa shape index (κ3) is 8.23. The fourth-order valence-electron chi connectivity index (χ4n) is 1.34. The zero-order chi connectivity index (χ0) is 12.4. The lowest BCUT2D eigenvalue weighted by molar-refractivity contribution is -0.137. The average Bonchev–Trinajstić information content (AvgIpc) is 2.24. The third-order valence-electron chi connectivity index (χ3n) is 2.41. The molecule has 16 heavy (non-hydrogen) atoms. The second-order valence-electron chi connectivity index (χ2n) is 3.97. The van der Waals surface area contributed by atoms with Gasteiger partial charge in [-0.2, -0.15) is 0 Å². The molecule has 1 atom stereocenters. The van der Waals surface area contributed by atoms with E-state index in [0.717, 1.165) is 12.8 Å². The summed E-state index contributed by atoms with van der Waals surface area (Å²) in [6.45, 7) is 3.04. The summed E-state index contributed by atoms with van der Waals surface area (Å²) in [7, 11) is 0. The predicted molar refractivity (Wildman–Crippen MR) is 61.9 cm³/mol. The van der Waals surface area contributed by atoms with Gasteiger partial charge in [-0.25, -0.2) is 0 Å². The number of amides is 1. The number of nitrogens with two attached hydrogens (primary N) is 1. The number of aliphatic carboxylic acids is 1. The van der Waals surface area contributed by atoms with Crippen molar-refractivity contribution in [2.45, 2.75) is 39.0 Å². The Morgan fingerprint density at radius 1 is 1.31 bits per heavy atom. The molecular weight excluding hydrogens is 208 g/mol. The van der Waals surface area contributed by atoms with Crippen LogP contribution in [0.25, 0.3) is 0 Å². The number of unbranched alkanes of at least 4 members (excludes halogenated alkanes) is 1. The maximum absolute atomic E-state index is 11.5. The molecule has 0 radical (unpaired) electrons. The van der Waals surface area contributed by atoms with Crippen LogP contribution in [0.3, 0.4) is 0 Å². The first-order valence-corrected chi connectivity index (χ1v) is 5.77. The molecule has 94 valence electrons. The lowest BCUT2D eigenvalue weighted by Crippen LogP contribution is -2.30. The van der Waals surface area contributed by atoms with Gasteiger partial charge in [0.15, 0.2) is 0 Å². The number of carboxylic acid groups (broad SMARTS) is 1. The quantitative estimate of drug-likeness (QED) is 0.509. The number of carboxylic acids is 1. The monoisotopic (exact) mass is 230 g/mol. The van der Waals surface area contributed by atoms with Gasteiger partial charge in [0.25, 0.3) is 0 Å². The van der Waals surface area contributed by atoms with E-state index in [1.807, 2.05) is 6.92 Å². The molecule has 0 aromatic heterocycles. The van der Waals surface area contributed by atoms with Crippen LogP contribution in [0.4, 0.5) is 0 Å². The number of hydrogen-bond acceptors (Lipinski definition) is 3. The van der Waals surface area contributed by atoms with Crippen LogP contribution in [0.15, 0.2) is 0 Å². The molecule has 0 heterocycles. The molecule has 0 aromatic rings. The van der Waals surface area contributed by atoms with E-state index in [-0.39, 0.29) is 18.2 Å². The fourth-order valence-corrected chi connectivity index (χ4v) is 1.34. The Labute approximate surface area is 96.4 Å². The van der Waals surface area contributed by atoms with Crippen LogP contribution in [0.2, 0.25) is 0 Å². The smallest absolute Gasteiger partial charge is 0.303 e. The Hall–Kier alpha value is -1.10. The Kier molecular flexibility index (Phi) is 8.52. The Morgan fingerprint density at radius 2 is 2.00 bits per heavy atom. The molecule has 0 saturated heterocycles. The van der Waals surface area contributed by atoms with Crippen molar-refractivity contribution in [3.8, 4) is 0 Å². The Morgan fingerprint density at radius 3 is 2.56 bits per heavy atom. The van der Waals surface area contributed by atoms with Gasteiger partial charge in [0.1, 0.15) is 0 Å². The Bertz CT molecular complexity index is 219. The van der Waals surface area contributed by atoms with Crippen molar-refractivity contribution in [3.63, 3.8) is 0 Å². The summed E-state index contributed by atoms with van der Waals surface area (Å²) in [5, 5.41) is 11.2. The molecule has 1 amide bonds. The lowest BCUT2D eigenvalue weighted by Gasteiger charge is -2.11. The molecule has 0 spiro atoms. The van der Waals surface area contributed by atoms with E-state index in [2.05, 4.69) is 5.32 Å². The van der Waals surface area contributed by atoms with Crippen LogP contribution in [-0.2, 0) is 9.59 Å². The van der Waals surface area contributed by atoms with Crippen LogP contribution >= 0.6 is 0 Å². The molecule has 0 aromatic carbocycles. The van der Waals surface area contributed by atoms with Gasteiger partial charge in [0.2, 0.25) is 5.91 Å². The largest absolute Gasteiger partial charge is 0.481 e. The van der Waals surface area contributed by atoms with Crippen molar-refractivity contribution in [2.75, 3.05) is 13.1 Å². The molecule has 5 nitrogen and oxygen atoms in total. The van der Waals surface area contributed by atoms with Crippen molar-refractivity contribution in [1.29, 1.82) is 0 Å². The van der Waals surface area contributed by atoms with E-state index in [1.54, 1.807) is 0 Å². The predicted octanol–water partition coefficient (Wildman–Crippen LogP) is 0.733. The highest BCUT2D eigenvalue weighted by Gasteiger charge is 2.10.